The first kappa shape index (κ1) is 15.8. The molecule has 0 amide bonds. The smallest absolute Gasteiger partial charge is 0.327 e. The van der Waals surface area contributed by atoms with Crippen molar-refractivity contribution in [2.24, 2.45) is 5.73 Å². The summed E-state index contributed by atoms with van der Waals surface area (Å²) in [6.07, 6.45) is 0. The molecule has 0 aliphatic heterocycles. The Labute approximate surface area is 126 Å². The van der Waals surface area contributed by atoms with Crippen molar-refractivity contribution in [1.29, 1.82) is 0 Å². The Kier molecular flexibility index (Phi) is 4.84. The normalized spacial score (nSPS) is 14.4. The number of hydrogen-bond acceptors (Lipinski definition) is 4. The number of halogens is 1. The third kappa shape index (κ3) is 3.54. The Bertz CT molecular complexity index is 665. The highest BCUT2D eigenvalue weighted by molar-refractivity contribution is 7.99. The van der Waals surface area contributed by atoms with Crippen LogP contribution in [0.5, 0.6) is 0 Å². The third-order valence-electron chi connectivity index (χ3n) is 3.08. The van der Waals surface area contributed by atoms with E-state index in [1.54, 1.807) is 10.6 Å². The van der Waals surface area contributed by atoms with Gasteiger partial charge in [-0.1, -0.05) is 23.9 Å². The minimum atomic E-state index is -0.304. The number of H-pyrrole nitrogens is 1. The lowest BCUT2D eigenvalue weighted by atomic mass is 10.1. The highest BCUT2D eigenvalue weighted by Gasteiger charge is 2.22. The molecule has 0 bridgehead atoms. The Hall–Kier alpha value is -1.60. The first-order valence-corrected chi connectivity index (χ1v) is 7.62. The number of hydrogen-bond donors (Lipinski definition) is 2. The van der Waals surface area contributed by atoms with E-state index in [-0.39, 0.29) is 28.8 Å². The first-order valence-electron chi connectivity index (χ1n) is 6.74. The average Bonchev–Trinajstić information content (AvgIpc) is 2.76. The Morgan fingerprint density at radius 2 is 2.10 bits per heavy atom. The molecule has 21 heavy (non-hydrogen) atoms. The van der Waals surface area contributed by atoms with Crippen LogP contribution < -0.4 is 11.4 Å². The summed E-state index contributed by atoms with van der Waals surface area (Å²) in [5.41, 5.74) is 6.55. The Balaban J connectivity index is 2.36. The molecule has 5 nitrogen and oxygen atoms in total. The zero-order valence-electron chi connectivity index (χ0n) is 12.2. The summed E-state index contributed by atoms with van der Waals surface area (Å²) in [5.74, 6) is -0.304. The lowest BCUT2D eigenvalue weighted by Gasteiger charge is -2.21. The van der Waals surface area contributed by atoms with Crippen molar-refractivity contribution >= 4 is 11.8 Å². The highest BCUT2D eigenvalue weighted by Crippen LogP contribution is 2.36. The van der Waals surface area contributed by atoms with Gasteiger partial charge in [-0.3, -0.25) is 4.57 Å². The zero-order valence-corrected chi connectivity index (χ0v) is 13.0. The van der Waals surface area contributed by atoms with Gasteiger partial charge in [0.1, 0.15) is 5.82 Å². The van der Waals surface area contributed by atoms with E-state index in [0.717, 1.165) is 5.56 Å². The van der Waals surface area contributed by atoms with Crippen LogP contribution in [-0.2, 0) is 0 Å². The van der Waals surface area contributed by atoms with Crippen molar-refractivity contribution in [2.45, 2.75) is 43.3 Å². The summed E-state index contributed by atoms with van der Waals surface area (Å²) in [6.45, 7) is 5.67. The molecule has 0 saturated heterocycles. The number of nitrogens with two attached hydrogens (primary N) is 1. The average molecular weight is 310 g/mol. The van der Waals surface area contributed by atoms with Gasteiger partial charge >= 0.3 is 5.69 Å². The number of aromatic nitrogens is 3. The summed E-state index contributed by atoms with van der Waals surface area (Å²) in [5, 5.41) is 6.86. The molecule has 0 spiro atoms. The molecule has 1 heterocycles. The maximum atomic E-state index is 13.4. The Morgan fingerprint density at radius 1 is 1.38 bits per heavy atom. The van der Waals surface area contributed by atoms with Crippen LogP contribution in [0.25, 0.3) is 0 Å². The second kappa shape index (κ2) is 6.44. The van der Waals surface area contributed by atoms with E-state index >= 15 is 0 Å². The van der Waals surface area contributed by atoms with Crippen molar-refractivity contribution in [3.05, 3.63) is 46.1 Å². The second-order valence-electron chi connectivity index (χ2n) is 5.23. The Morgan fingerprint density at radius 3 is 2.67 bits per heavy atom. The molecular formula is C14H19FN4OS. The fourth-order valence-electron chi connectivity index (χ4n) is 2.10. The molecule has 0 aliphatic rings. The highest BCUT2D eigenvalue weighted by atomic mass is 32.2. The number of rotatable bonds is 5. The lowest BCUT2D eigenvalue weighted by molar-refractivity contribution is 0.532. The number of nitrogens with one attached hydrogen (secondary N) is 1. The summed E-state index contributed by atoms with van der Waals surface area (Å²) in [7, 11) is 0. The predicted octanol–water partition coefficient (Wildman–Crippen LogP) is 2.47. The molecule has 1 aromatic carbocycles. The van der Waals surface area contributed by atoms with Crippen molar-refractivity contribution in [3.63, 3.8) is 0 Å². The molecule has 0 aliphatic carbocycles. The van der Waals surface area contributed by atoms with Gasteiger partial charge in [-0.2, -0.15) is 0 Å². The van der Waals surface area contributed by atoms with Crippen molar-refractivity contribution < 1.29 is 4.39 Å². The van der Waals surface area contributed by atoms with E-state index in [0.29, 0.717) is 5.16 Å². The van der Waals surface area contributed by atoms with Gasteiger partial charge in [0.05, 0.1) is 5.25 Å². The van der Waals surface area contributed by atoms with Gasteiger partial charge in [0, 0.05) is 12.1 Å². The van der Waals surface area contributed by atoms with Crippen LogP contribution in [0.15, 0.2) is 34.2 Å². The van der Waals surface area contributed by atoms with Gasteiger partial charge < -0.3 is 5.73 Å². The van der Waals surface area contributed by atoms with Crippen LogP contribution >= 0.6 is 11.8 Å². The molecule has 2 atom stereocenters. The number of aromatic amines is 1. The number of thioether (sulfide) groups is 1. The fraction of sp³-hybridized carbons (Fsp3) is 0.429. The molecule has 0 saturated carbocycles. The second-order valence-corrected chi connectivity index (χ2v) is 6.34. The fourth-order valence-corrected chi connectivity index (χ4v) is 3.33. The van der Waals surface area contributed by atoms with Crippen molar-refractivity contribution in [2.75, 3.05) is 0 Å². The van der Waals surface area contributed by atoms with E-state index in [1.165, 1.54) is 23.9 Å². The van der Waals surface area contributed by atoms with Crippen molar-refractivity contribution in [1.82, 2.24) is 14.8 Å². The molecular weight excluding hydrogens is 291 g/mol. The van der Waals surface area contributed by atoms with Crippen LogP contribution in [0.2, 0.25) is 0 Å². The van der Waals surface area contributed by atoms with E-state index in [9.17, 15) is 9.18 Å². The molecule has 0 fully saturated rings. The largest absolute Gasteiger partial charge is 0.344 e. The van der Waals surface area contributed by atoms with Gasteiger partial charge in [0.15, 0.2) is 5.16 Å². The molecule has 7 heteroatoms. The molecule has 0 radical (unpaired) electrons. The van der Waals surface area contributed by atoms with E-state index in [2.05, 4.69) is 10.2 Å². The summed E-state index contributed by atoms with van der Waals surface area (Å²) in [4.78, 5) is 11.8. The maximum Gasteiger partial charge on any atom is 0.344 e. The molecule has 2 unspecified atom stereocenters. The van der Waals surface area contributed by atoms with Crippen LogP contribution in [0.3, 0.4) is 0 Å². The quantitative estimate of drug-likeness (QED) is 0.832. The van der Waals surface area contributed by atoms with E-state index < -0.39 is 0 Å². The van der Waals surface area contributed by atoms with Gasteiger partial charge in [-0.15, -0.1) is 5.10 Å². The SMILES string of the molecule is CC(N)C(Sc1n[nH]c(=O)n1C(C)C)c1cccc(F)c1. The van der Waals surface area contributed by atoms with Crippen LogP contribution in [-0.4, -0.2) is 20.8 Å². The molecule has 2 rings (SSSR count). The van der Waals surface area contributed by atoms with Gasteiger partial charge in [0.25, 0.3) is 0 Å². The standard InChI is InChI=1S/C14H19FN4OS/c1-8(2)19-13(20)17-18-14(19)21-12(9(3)16)10-5-4-6-11(15)7-10/h4-9,12H,16H2,1-3H3,(H,17,20). The van der Waals surface area contributed by atoms with Gasteiger partial charge in [-0.05, 0) is 38.5 Å². The lowest BCUT2D eigenvalue weighted by Crippen LogP contribution is -2.24. The van der Waals surface area contributed by atoms with Gasteiger partial charge in [0.2, 0.25) is 0 Å². The minimum absolute atomic E-state index is 0.0139. The van der Waals surface area contributed by atoms with Crippen LogP contribution in [0, 0.1) is 5.82 Å². The van der Waals surface area contributed by atoms with Crippen LogP contribution in [0.4, 0.5) is 4.39 Å². The predicted molar refractivity (Wildman–Crippen MR) is 81.9 cm³/mol. The number of nitrogens with zero attached hydrogens (tertiary/aromatic N) is 2. The first-order chi connectivity index (χ1) is 9.90. The third-order valence-corrected chi connectivity index (χ3v) is 4.53. The summed E-state index contributed by atoms with van der Waals surface area (Å²) >= 11 is 1.36. The molecule has 1 aromatic heterocycles. The summed E-state index contributed by atoms with van der Waals surface area (Å²) in [6, 6.07) is 6.11. The molecule has 2 aromatic rings. The molecule has 114 valence electrons. The summed E-state index contributed by atoms with van der Waals surface area (Å²) < 4.78 is 15.0. The van der Waals surface area contributed by atoms with E-state index in [4.69, 9.17) is 5.73 Å². The zero-order chi connectivity index (χ0) is 15.6. The topological polar surface area (TPSA) is 76.7 Å². The van der Waals surface area contributed by atoms with E-state index in [1.807, 2.05) is 26.8 Å². The monoisotopic (exact) mass is 310 g/mol. The van der Waals surface area contributed by atoms with Gasteiger partial charge in [-0.25, -0.2) is 14.3 Å². The maximum absolute atomic E-state index is 13.4. The molecule has 3 N–H and O–H groups in total. The van der Waals surface area contributed by atoms with Crippen molar-refractivity contribution in [3.8, 4) is 0 Å². The van der Waals surface area contributed by atoms with Crippen LogP contribution in [0.1, 0.15) is 37.6 Å². The number of benzene rings is 1. The minimum Gasteiger partial charge on any atom is -0.327 e.